The molecule has 0 atom stereocenters. The lowest BCUT2D eigenvalue weighted by Crippen LogP contribution is -2.10. The summed E-state index contributed by atoms with van der Waals surface area (Å²) in [7, 11) is 1.42. The third-order valence-corrected chi connectivity index (χ3v) is 3.13. The molecule has 2 aromatic carbocycles. The van der Waals surface area contributed by atoms with E-state index in [1.54, 1.807) is 24.3 Å². The number of carboxylic acid groups (broad SMARTS) is 1. The van der Waals surface area contributed by atoms with Gasteiger partial charge in [0.15, 0.2) is 18.1 Å². The summed E-state index contributed by atoms with van der Waals surface area (Å²) in [6.07, 6.45) is 1.52. The van der Waals surface area contributed by atoms with Crippen molar-refractivity contribution < 1.29 is 23.8 Å². The average Bonchev–Trinajstić information content (AvgIpc) is 2.58. The van der Waals surface area contributed by atoms with Crippen LogP contribution < -0.4 is 9.47 Å². The minimum atomic E-state index is -1.10. The lowest BCUT2D eigenvalue weighted by atomic mass is 10.0. The zero-order valence-electron chi connectivity index (χ0n) is 12.8. The number of methoxy groups -OCH3 is 1. The quantitative estimate of drug-likeness (QED) is 0.650. The van der Waals surface area contributed by atoms with Gasteiger partial charge in [-0.25, -0.2) is 9.18 Å². The summed E-state index contributed by atoms with van der Waals surface area (Å²) < 4.78 is 24.1. The summed E-state index contributed by atoms with van der Waals surface area (Å²) in [5.41, 5.74) is 0.953. The largest absolute Gasteiger partial charge is 0.493 e. The van der Waals surface area contributed by atoms with Gasteiger partial charge in [-0.3, -0.25) is 0 Å². The van der Waals surface area contributed by atoms with Gasteiger partial charge < -0.3 is 14.6 Å². The van der Waals surface area contributed by atoms with E-state index in [0.29, 0.717) is 11.3 Å². The minimum Gasteiger partial charge on any atom is -0.493 e. The summed E-state index contributed by atoms with van der Waals surface area (Å²) in [4.78, 5) is 10.6. The minimum absolute atomic E-state index is 0.161. The Kier molecular flexibility index (Phi) is 5.53. The normalized spacial score (nSPS) is 10.8. The van der Waals surface area contributed by atoms with Gasteiger partial charge in [-0.2, -0.15) is 5.26 Å². The number of carbonyl (C=O) groups is 1. The number of hydrogen-bond acceptors (Lipinski definition) is 4. The van der Waals surface area contributed by atoms with Gasteiger partial charge in [0.2, 0.25) is 0 Å². The molecule has 0 saturated heterocycles. The zero-order chi connectivity index (χ0) is 17.5. The summed E-state index contributed by atoms with van der Waals surface area (Å²) in [5, 5.41) is 17.9. The van der Waals surface area contributed by atoms with Crippen LogP contribution >= 0.6 is 0 Å². The molecule has 0 aliphatic rings. The van der Waals surface area contributed by atoms with Crippen LogP contribution in [0.3, 0.4) is 0 Å². The second-order valence-electron chi connectivity index (χ2n) is 4.74. The Balaban J connectivity index is 2.36. The maximum absolute atomic E-state index is 13.8. The molecule has 0 amide bonds. The van der Waals surface area contributed by atoms with Gasteiger partial charge in [0.1, 0.15) is 5.82 Å². The standard InChI is InChI=1S/C18H14FNO4/c1-23-17-9-12(6-7-16(17)24-11-18(21)22)8-13(10-20)14-4-2-3-5-15(14)19/h2-9H,11H2,1H3,(H,21,22). The molecule has 2 aromatic rings. The predicted octanol–water partition coefficient (Wildman–Crippen LogP) is 3.36. The highest BCUT2D eigenvalue weighted by Gasteiger charge is 2.10. The molecular weight excluding hydrogens is 313 g/mol. The molecule has 0 saturated carbocycles. The van der Waals surface area contributed by atoms with Crippen LogP contribution in [-0.2, 0) is 4.79 Å². The summed E-state index contributed by atoms with van der Waals surface area (Å²) in [6, 6.07) is 12.7. The Morgan fingerprint density at radius 1 is 1.29 bits per heavy atom. The monoisotopic (exact) mass is 327 g/mol. The van der Waals surface area contributed by atoms with Crippen molar-refractivity contribution in [1.29, 1.82) is 5.26 Å². The topological polar surface area (TPSA) is 79.5 Å². The average molecular weight is 327 g/mol. The highest BCUT2D eigenvalue weighted by molar-refractivity contribution is 5.90. The van der Waals surface area contributed by atoms with Gasteiger partial charge in [0, 0.05) is 5.56 Å². The van der Waals surface area contributed by atoms with E-state index in [1.165, 1.54) is 31.4 Å². The first-order valence-electron chi connectivity index (χ1n) is 6.94. The molecule has 122 valence electrons. The molecule has 0 bridgehead atoms. The molecule has 24 heavy (non-hydrogen) atoms. The van der Waals surface area contributed by atoms with E-state index in [4.69, 9.17) is 14.6 Å². The Hall–Kier alpha value is -3.33. The van der Waals surface area contributed by atoms with E-state index in [1.807, 2.05) is 6.07 Å². The fourth-order valence-electron chi connectivity index (χ4n) is 2.05. The van der Waals surface area contributed by atoms with Crippen molar-refractivity contribution in [2.75, 3.05) is 13.7 Å². The number of hydrogen-bond donors (Lipinski definition) is 1. The predicted molar refractivity (Wildman–Crippen MR) is 86.0 cm³/mol. The van der Waals surface area contributed by atoms with Crippen LogP contribution in [0, 0.1) is 17.1 Å². The van der Waals surface area contributed by atoms with Crippen molar-refractivity contribution in [1.82, 2.24) is 0 Å². The molecule has 0 aromatic heterocycles. The first kappa shape index (κ1) is 17.0. The Morgan fingerprint density at radius 2 is 2.04 bits per heavy atom. The van der Waals surface area contributed by atoms with Gasteiger partial charge >= 0.3 is 5.97 Å². The highest BCUT2D eigenvalue weighted by Crippen LogP contribution is 2.30. The summed E-state index contributed by atoms with van der Waals surface area (Å²) in [6.45, 7) is -0.496. The van der Waals surface area contributed by atoms with Crippen molar-refractivity contribution >= 4 is 17.6 Å². The van der Waals surface area contributed by atoms with E-state index in [9.17, 15) is 14.4 Å². The summed E-state index contributed by atoms with van der Waals surface area (Å²) in [5.74, 6) is -1.01. The SMILES string of the molecule is COc1cc(C=C(C#N)c2ccccc2F)ccc1OCC(=O)O. The van der Waals surface area contributed by atoms with E-state index in [-0.39, 0.29) is 16.9 Å². The van der Waals surface area contributed by atoms with Gasteiger partial charge in [-0.1, -0.05) is 24.3 Å². The molecule has 0 unspecified atom stereocenters. The number of rotatable bonds is 6. The van der Waals surface area contributed by atoms with E-state index >= 15 is 0 Å². The smallest absolute Gasteiger partial charge is 0.341 e. The van der Waals surface area contributed by atoms with Gasteiger partial charge in [0.05, 0.1) is 18.8 Å². The molecule has 1 N–H and O–H groups in total. The van der Waals surface area contributed by atoms with Gasteiger partial charge in [-0.15, -0.1) is 0 Å². The highest BCUT2D eigenvalue weighted by atomic mass is 19.1. The number of halogens is 1. The second-order valence-corrected chi connectivity index (χ2v) is 4.74. The lowest BCUT2D eigenvalue weighted by molar-refractivity contribution is -0.139. The van der Waals surface area contributed by atoms with Crippen molar-refractivity contribution in [3.05, 3.63) is 59.4 Å². The molecule has 0 radical (unpaired) electrons. The van der Waals surface area contributed by atoms with Crippen LogP contribution in [-0.4, -0.2) is 24.8 Å². The Bertz CT molecular complexity index is 824. The van der Waals surface area contributed by atoms with E-state index in [2.05, 4.69) is 0 Å². The number of nitriles is 1. The number of carboxylic acids is 1. The van der Waals surface area contributed by atoms with Gasteiger partial charge in [0.25, 0.3) is 0 Å². The fraction of sp³-hybridized carbons (Fsp3) is 0.111. The molecule has 6 heteroatoms. The molecule has 0 aliphatic carbocycles. The number of benzene rings is 2. The van der Waals surface area contributed by atoms with Gasteiger partial charge in [-0.05, 0) is 29.8 Å². The van der Waals surface area contributed by atoms with Crippen molar-refractivity contribution in [2.24, 2.45) is 0 Å². The maximum Gasteiger partial charge on any atom is 0.341 e. The molecule has 5 nitrogen and oxygen atoms in total. The fourth-order valence-corrected chi connectivity index (χ4v) is 2.05. The number of nitrogens with zero attached hydrogens (tertiary/aromatic N) is 1. The van der Waals surface area contributed by atoms with E-state index in [0.717, 1.165) is 0 Å². The Labute approximate surface area is 138 Å². The lowest BCUT2D eigenvalue weighted by Gasteiger charge is -2.10. The van der Waals surface area contributed by atoms with Crippen molar-refractivity contribution in [3.63, 3.8) is 0 Å². The first-order valence-corrected chi connectivity index (χ1v) is 6.94. The third-order valence-electron chi connectivity index (χ3n) is 3.13. The molecule has 0 aliphatic heterocycles. The van der Waals surface area contributed by atoms with Crippen LogP contribution in [0.2, 0.25) is 0 Å². The van der Waals surface area contributed by atoms with Crippen LogP contribution in [0.25, 0.3) is 11.6 Å². The van der Waals surface area contributed by atoms with Crippen LogP contribution in [0.1, 0.15) is 11.1 Å². The van der Waals surface area contributed by atoms with Crippen LogP contribution in [0.4, 0.5) is 4.39 Å². The van der Waals surface area contributed by atoms with Crippen LogP contribution in [0.5, 0.6) is 11.5 Å². The number of ether oxygens (including phenoxy) is 2. The van der Waals surface area contributed by atoms with Crippen LogP contribution in [0.15, 0.2) is 42.5 Å². The molecule has 0 heterocycles. The first-order chi connectivity index (χ1) is 11.5. The number of allylic oxidation sites excluding steroid dienone is 1. The molecule has 2 rings (SSSR count). The zero-order valence-corrected chi connectivity index (χ0v) is 12.8. The Morgan fingerprint density at radius 3 is 2.67 bits per heavy atom. The maximum atomic E-state index is 13.8. The van der Waals surface area contributed by atoms with E-state index < -0.39 is 18.4 Å². The molecular formula is C18H14FNO4. The van der Waals surface area contributed by atoms with Crippen molar-refractivity contribution in [3.8, 4) is 17.6 Å². The number of aliphatic carboxylic acids is 1. The molecule has 0 fully saturated rings. The third kappa shape index (κ3) is 4.11. The second kappa shape index (κ2) is 7.79. The molecule has 0 spiro atoms. The summed E-state index contributed by atoms with van der Waals surface area (Å²) >= 11 is 0. The van der Waals surface area contributed by atoms with Crippen molar-refractivity contribution in [2.45, 2.75) is 0 Å².